The molecule has 2 aliphatic rings. The van der Waals surface area contributed by atoms with Crippen LogP contribution in [0.4, 0.5) is 0 Å². The molecule has 1 aromatic carbocycles. The summed E-state index contributed by atoms with van der Waals surface area (Å²) in [4.78, 5) is 36.6. The number of ether oxygens (including phenoxy) is 4. The molecule has 1 aliphatic carbocycles. The van der Waals surface area contributed by atoms with E-state index in [0.29, 0.717) is 29.7 Å². The Morgan fingerprint density at radius 1 is 1.00 bits per heavy atom. The Bertz CT molecular complexity index is 856. The van der Waals surface area contributed by atoms with Crippen molar-refractivity contribution in [3.8, 4) is 0 Å². The number of benzene rings is 1. The average molecular weight is 402 g/mol. The molecule has 0 radical (unpaired) electrons. The number of fused-ring (bicyclic) bond motifs is 1. The quantitative estimate of drug-likeness (QED) is 0.553. The van der Waals surface area contributed by atoms with Crippen molar-refractivity contribution >= 4 is 17.9 Å². The maximum Gasteiger partial charge on any atom is 0.337 e. The zero-order valence-corrected chi connectivity index (χ0v) is 17.3. The molecule has 0 aromatic heterocycles. The fraction of sp³-hybridized carbons (Fsp3) is 0.500. The molecular weight excluding hydrogens is 376 g/mol. The van der Waals surface area contributed by atoms with Crippen molar-refractivity contribution in [1.29, 1.82) is 0 Å². The van der Waals surface area contributed by atoms with Crippen molar-refractivity contribution in [2.75, 3.05) is 27.9 Å². The highest BCUT2D eigenvalue weighted by atomic mass is 16.5. The fourth-order valence-corrected chi connectivity index (χ4v) is 4.49. The van der Waals surface area contributed by atoms with Crippen LogP contribution < -0.4 is 0 Å². The van der Waals surface area contributed by atoms with Crippen LogP contribution in [0.25, 0.3) is 0 Å². The van der Waals surface area contributed by atoms with Gasteiger partial charge in [0.15, 0.2) is 0 Å². The van der Waals surface area contributed by atoms with Gasteiger partial charge in [-0.25, -0.2) is 9.59 Å². The van der Waals surface area contributed by atoms with Crippen molar-refractivity contribution in [2.45, 2.75) is 32.3 Å². The van der Waals surface area contributed by atoms with Gasteiger partial charge in [-0.05, 0) is 24.1 Å². The van der Waals surface area contributed by atoms with Crippen LogP contribution in [0.5, 0.6) is 0 Å². The normalized spacial score (nSPS) is 28.9. The van der Waals surface area contributed by atoms with Gasteiger partial charge >= 0.3 is 17.9 Å². The molecule has 7 heteroatoms. The summed E-state index contributed by atoms with van der Waals surface area (Å²) in [7, 11) is 4.00. The van der Waals surface area contributed by atoms with E-state index in [2.05, 4.69) is 0 Å². The molecule has 1 aromatic rings. The van der Waals surface area contributed by atoms with Crippen LogP contribution in [0.3, 0.4) is 0 Å². The van der Waals surface area contributed by atoms with Crippen molar-refractivity contribution in [3.63, 3.8) is 0 Å². The smallest absolute Gasteiger partial charge is 0.337 e. The molecule has 1 aliphatic heterocycles. The summed E-state index contributed by atoms with van der Waals surface area (Å²) in [6, 6.07) is 6.63. The number of carbonyl (C=O) groups excluding carboxylic acids is 3. The number of rotatable bonds is 5. The van der Waals surface area contributed by atoms with Gasteiger partial charge in [0, 0.05) is 16.4 Å². The van der Waals surface area contributed by atoms with Gasteiger partial charge in [0.25, 0.3) is 0 Å². The third-order valence-corrected chi connectivity index (χ3v) is 6.42. The monoisotopic (exact) mass is 402 g/mol. The molecule has 1 unspecified atom stereocenters. The molecule has 0 spiro atoms. The second kappa shape index (κ2) is 7.63. The highest BCUT2D eigenvalue weighted by Crippen LogP contribution is 2.61. The maximum atomic E-state index is 12.8. The maximum absolute atomic E-state index is 12.8. The average Bonchev–Trinajstić information content (AvgIpc) is 3.14. The lowest BCUT2D eigenvalue weighted by Crippen LogP contribution is -2.41. The van der Waals surface area contributed by atoms with Crippen LogP contribution in [0.15, 0.2) is 35.9 Å². The van der Waals surface area contributed by atoms with Crippen LogP contribution in [-0.2, 0) is 28.5 Å². The molecule has 0 saturated carbocycles. The molecular formula is C22H26O7. The summed E-state index contributed by atoms with van der Waals surface area (Å²) < 4.78 is 20.8. The molecule has 1 saturated heterocycles. The minimum atomic E-state index is -0.716. The van der Waals surface area contributed by atoms with Crippen LogP contribution in [0.1, 0.15) is 42.1 Å². The third-order valence-electron chi connectivity index (χ3n) is 6.42. The SMILES string of the molecule is COC(=O)C1=C[C@@]2(C)[C@@H](C(C(=O)OC)c3ccc(C(=O)OC)cc3)OC[C@@]2(C)C1. The van der Waals surface area contributed by atoms with E-state index in [1.165, 1.54) is 21.3 Å². The summed E-state index contributed by atoms with van der Waals surface area (Å²) in [5, 5.41) is 0. The van der Waals surface area contributed by atoms with Crippen LogP contribution in [0, 0.1) is 10.8 Å². The van der Waals surface area contributed by atoms with E-state index in [9.17, 15) is 14.4 Å². The first kappa shape index (κ1) is 21.0. The summed E-state index contributed by atoms with van der Waals surface area (Å²) in [6.07, 6.45) is 1.86. The molecule has 7 nitrogen and oxygen atoms in total. The molecule has 1 heterocycles. The lowest BCUT2D eigenvalue weighted by Gasteiger charge is -2.38. The highest BCUT2D eigenvalue weighted by molar-refractivity contribution is 5.90. The lowest BCUT2D eigenvalue weighted by molar-refractivity contribution is -0.147. The van der Waals surface area contributed by atoms with E-state index in [0.717, 1.165) is 0 Å². The van der Waals surface area contributed by atoms with Crippen molar-refractivity contribution < 1.29 is 33.3 Å². The molecule has 0 bridgehead atoms. The molecule has 0 N–H and O–H groups in total. The largest absolute Gasteiger partial charge is 0.468 e. The Labute approximate surface area is 170 Å². The first-order chi connectivity index (χ1) is 13.7. The van der Waals surface area contributed by atoms with Gasteiger partial charge in [0.2, 0.25) is 0 Å². The predicted octanol–water partition coefficient (Wildman–Crippen LogP) is 2.64. The van der Waals surface area contributed by atoms with Gasteiger partial charge < -0.3 is 18.9 Å². The molecule has 0 amide bonds. The summed E-state index contributed by atoms with van der Waals surface area (Å²) in [6.45, 7) is 4.45. The third kappa shape index (κ3) is 3.33. The molecule has 4 atom stereocenters. The van der Waals surface area contributed by atoms with E-state index >= 15 is 0 Å². The van der Waals surface area contributed by atoms with Gasteiger partial charge in [-0.2, -0.15) is 0 Å². The summed E-state index contributed by atoms with van der Waals surface area (Å²) >= 11 is 0. The van der Waals surface area contributed by atoms with Gasteiger partial charge in [-0.15, -0.1) is 0 Å². The number of hydrogen-bond donors (Lipinski definition) is 0. The van der Waals surface area contributed by atoms with Crippen LogP contribution >= 0.6 is 0 Å². The van der Waals surface area contributed by atoms with E-state index in [-0.39, 0.29) is 11.4 Å². The standard InChI is InChI=1S/C22H26O7/c1-21-10-15(19(24)27-4)11-22(21,2)17(29-12-21)16(20(25)28-5)13-6-8-14(9-7-13)18(23)26-3/h6-9,11,16-17H,10,12H2,1-5H3/t16?,17-,21-,22+/m1/s1. The van der Waals surface area contributed by atoms with E-state index in [1.54, 1.807) is 24.3 Å². The number of esters is 3. The zero-order valence-electron chi connectivity index (χ0n) is 17.3. The van der Waals surface area contributed by atoms with Crippen molar-refractivity contribution in [3.05, 3.63) is 47.0 Å². The van der Waals surface area contributed by atoms with Gasteiger partial charge in [-0.3, -0.25) is 4.79 Å². The Balaban J connectivity index is 2.02. The van der Waals surface area contributed by atoms with Crippen molar-refractivity contribution in [2.24, 2.45) is 10.8 Å². The minimum absolute atomic E-state index is 0.348. The van der Waals surface area contributed by atoms with Crippen molar-refractivity contribution in [1.82, 2.24) is 0 Å². The number of carbonyl (C=O) groups is 3. The highest BCUT2D eigenvalue weighted by Gasteiger charge is 2.62. The molecule has 156 valence electrons. The molecule has 29 heavy (non-hydrogen) atoms. The Kier molecular flexibility index (Phi) is 5.54. The first-order valence-electron chi connectivity index (χ1n) is 9.38. The first-order valence-corrected chi connectivity index (χ1v) is 9.38. The van der Waals surface area contributed by atoms with E-state index in [1.807, 2.05) is 19.9 Å². The second-order valence-electron chi connectivity index (χ2n) is 8.03. The van der Waals surface area contributed by atoms with Gasteiger partial charge in [0.05, 0.1) is 39.6 Å². The van der Waals surface area contributed by atoms with Crippen LogP contribution in [-0.4, -0.2) is 51.9 Å². The molecule has 1 fully saturated rings. The van der Waals surface area contributed by atoms with E-state index in [4.69, 9.17) is 18.9 Å². The molecule has 3 rings (SSSR count). The Morgan fingerprint density at radius 3 is 2.17 bits per heavy atom. The number of hydrogen-bond acceptors (Lipinski definition) is 7. The van der Waals surface area contributed by atoms with E-state index < -0.39 is 29.4 Å². The summed E-state index contributed by atoms with van der Waals surface area (Å²) in [5.74, 6) is -1.97. The summed E-state index contributed by atoms with van der Waals surface area (Å²) in [5.41, 5.74) is 0.725. The fourth-order valence-electron chi connectivity index (χ4n) is 4.49. The Morgan fingerprint density at radius 2 is 1.62 bits per heavy atom. The number of methoxy groups -OCH3 is 3. The minimum Gasteiger partial charge on any atom is -0.468 e. The van der Waals surface area contributed by atoms with Gasteiger partial charge in [0.1, 0.15) is 5.92 Å². The lowest BCUT2D eigenvalue weighted by atomic mass is 9.64. The predicted molar refractivity (Wildman–Crippen MR) is 103 cm³/mol. The topological polar surface area (TPSA) is 88.1 Å². The van der Waals surface area contributed by atoms with Gasteiger partial charge in [-0.1, -0.05) is 32.1 Å². The Hall–Kier alpha value is -2.67. The van der Waals surface area contributed by atoms with Crippen LogP contribution in [0.2, 0.25) is 0 Å². The second-order valence-corrected chi connectivity index (χ2v) is 8.03. The zero-order chi connectivity index (χ0) is 21.4.